The summed E-state index contributed by atoms with van der Waals surface area (Å²) in [6, 6.07) is 0. The lowest BCUT2D eigenvalue weighted by atomic mass is 10.6. The fraction of sp³-hybridized carbons (Fsp3) is 0.286. The maximum Gasteiger partial charge on any atom is 0.103 e. The fourth-order valence-corrected chi connectivity index (χ4v) is 1.09. The Labute approximate surface area is 81.2 Å². The number of rotatable bonds is 3. The van der Waals surface area contributed by atoms with Gasteiger partial charge in [0.2, 0.25) is 0 Å². The van der Waals surface area contributed by atoms with Crippen molar-refractivity contribution in [2.75, 3.05) is 6.26 Å². The molecule has 0 rings (SSSR count). The quantitative estimate of drug-likeness (QED) is 0.512. The Morgan fingerprint density at radius 1 is 1.55 bits per heavy atom. The zero-order chi connectivity index (χ0) is 8.85. The summed E-state index contributed by atoms with van der Waals surface area (Å²) in [5.74, 6) is 0. The number of nitrogens with zero attached hydrogens (tertiary/aromatic N) is 1. The number of halogens is 2. The van der Waals surface area contributed by atoms with Crippen LogP contribution in [0.4, 0.5) is 0 Å². The predicted molar refractivity (Wildman–Crippen MR) is 55.6 cm³/mol. The van der Waals surface area contributed by atoms with Crippen molar-refractivity contribution in [3.8, 4) is 0 Å². The molecule has 1 nitrogen and oxygen atoms in total. The van der Waals surface area contributed by atoms with Gasteiger partial charge in [0.1, 0.15) is 5.17 Å². The van der Waals surface area contributed by atoms with Crippen LogP contribution in [-0.4, -0.2) is 11.4 Å². The minimum atomic E-state index is 0.481. The van der Waals surface area contributed by atoms with E-state index in [9.17, 15) is 0 Å². The number of thioether (sulfide) groups is 1. The molecule has 0 bridgehead atoms. The maximum absolute atomic E-state index is 5.63. The summed E-state index contributed by atoms with van der Waals surface area (Å²) < 4.78 is 0. The SMILES string of the molecule is C=C(Cl)/C(=C\N=C(C)Cl)SC. The molecule has 0 radical (unpaired) electrons. The van der Waals surface area contributed by atoms with Crippen LogP contribution in [0, 0.1) is 0 Å². The van der Waals surface area contributed by atoms with E-state index in [0.717, 1.165) is 4.91 Å². The van der Waals surface area contributed by atoms with Gasteiger partial charge in [-0.05, 0) is 13.2 Å². The summed E-state index contributed by atoms with van der Waals surface area (Å²) in [6.45, 7) is 5.27. The monoisotopic (exact) mass is 209 g/mol. The molecule has 0 aromatic carbocycles. The maximum atomic E-state index is 5.63. The van der Waals surface area contributed by atoms with Gasteiger partial charge in [0.25, 0.3) is 0 Å². The second-order valence-electron chi connectivity index (χ2n) is 1.73. The molecule has 0 aliphatic rings. The molecule has 0 saturated heterocycles. The molecule has 4 heteroatoms. The topological polar surface area (TPSA) is 12.4 Å². The van der Waals surface area contributed by atoms with Crippen molar-refractivity contribution in [1.29, 1.82) is 0 Å². The van der Waals surface area contributed by atoms with E-state index in [1.165, 1.54) is 11.8 Å². The van der Waals surface area contributed by atoms with Gasteiger partial charge in [-0.1, -0.05) is 29.8 Å². The number of hydrogen-bond donors (Lipinski definition) is 0. The van der Waals surface area contributed by atoms with Crippen molar-refractivity contribution in [2.24, 2.45) is 4.99 Å². The number of hydrogen-bond acceptors (Lipinski definition) is 2. The molecular formula is C7H9Cl2NS. The lowest BCUT2D eigenvalue weighted by molar-refractivity contribution is 1.54. The van der Waals surface area contributed by atoms with E-state index in [4.69, 9.17) is 23.2 Å². The van der Waals surface area contributed by atoms with Crippen molar-refractivity contribution < 1.29 is 0 Å². The largest absolute Gasteiger partial charge is 0.248 e. The van der Waals surface area contributed by atoms with Crippen LogP contribution < -0.4 is 0 Å². The minimum absolute atomic E-state index is 0.481. The van der Waals surface area contributed by atoms with Crippen molar-refractivity contribution in [2.45, 2.75) is 6.92 Å². The van der Waals surface area contributed by atoms with Crippen LogP contribution in [0.5, 0.6) is 0 Å². The van der Waals surface area contributed by atoms with E-state index in [2.05, 4.69) is 11.6 Å². The van der Waals surface area contributed by atoms with Crippen LogP contribution in [0.3, 0.4) is 0 Å². The smallest absolute Gasteiger partial charge is 0.103 e. The van der Waals surface area contributed by atoms with Crippen LogP contribution in [0.25, 0.3) is 0 Å². The van der Waals surface area contributed by atoms with E-state index < -0.39 is 0 Å². The molecule has 62 valence electrons. The molecular weight excluding hydrogens is 201 g/mol. The molecule has 0 N–H and O–H groups in total. The molecule has 0 aromatic rings. The fourth-order valence-electron chi connectivity index (χ4n) is 0.381. The van der Waals surface area contributed by atoms with Crippen molar-refractivity contribution in [3.63, 3.8) is 0 Å². The highest BCUT2D eigenvalue weighted by molar-refractivity contribution is 8.02. The Morgan fingerprint density at radius 3 is 2.36 bits per heavy atom. The molecule has 0 aliphatic carbocycles. The van der Waals surface area contributed by atoms with E-state index in [1.54, 1.807) is 13.1 Å². The standard InChI is InChI=1S/C7H9Cl2NS/c1-5(8)7(11-3)4-10-6(2)9/h4H,1H2,2-3H3/b7-4+,10-6?. The van der Waals surface area contributed by atoms with Crippen molar-refractivity contribution in [3.05, 3.63) is 22.7 Å². The van der Waals surface area contributed by atoms with Gasteiger partial charge in [0.15, 0.2) is 0 Å². The molecule has 0 fully saturated rings. The number of aliphatic imine (C=N–C) groups is 1. The lowest BCUT2D eigenvalue weighted by Crippen LogP contribution is -1.76. The Kier molecular flexibility index (Phi) is 5.74. The third kappa shape index (κ3) is 5.36. The lowest BCUT2D eigenvalue weighted by Gasteiger charge is -1.96. The highest BCUT2D eigenvalue weighted by atomic mass is 35.5. The zero-order valence-electron chi connectivity index (χ0n) is 6.40. The molecule has 0 aromatic heterocycles. The summed E-state index contributed by atoms with van der Waals surface area (Å²) in [6.07, 6.45) is 3.50. The first-order valence-electron chi connectivity index (χ1n) is 2.86. The summed E-state index contributed by atoms with van der Waals surface area (Å²) in [7, 11) is 0. The average Bonchev–Trinajstić information content (AvgIpc) is 1.87. The van der Waals surface area contributed by atoms with Gasteiger partial charge in [-0.25, -0.2) is 4.99 Å². The van der Waals surface area contributed by atoms with Crippen LogP contribution in [0.1, 0.15) is 6.92 Å². The second-order valence-corrected chi connectivity index (χ2v) is 3.58. The van der Waals surface area contributed by atoms with Crippen molar-refractivity contribution >= 4 is 40.1 Å². The van der Waals surface area contributed by atoms with Gasteiger partial charge in [0, 0.05) is 16.1 Å². The minimum Gasteiger partial charge on any atom is -0.248 e. The third-order valence-corrected chi connectivity index (χ3v) is 2.05. The Bertz CT molecular complexity index is 204. The highest BCUT2D eigenvalue weighted by Gasteiger charge is 1.95. The predicted octanol–water partition coefficient (Wildman–Crippen LogP) is 3.60. The van der Waals surface area contributed by atoms with E-state index in [0.29, 0.717) is 10.2 Å². The second kappa shape index (κ2) is 5.70. The summed E-state index contributed by atoms with van der Waals surface area (Å²) >= 11 is 12.6. The first kappa shape index (κ1) is 11.1. The first-order valence-corrected chi connectivity index (χ1v) is 4.85. The van der Waals surface area contributed by atoms with E-state index >= 15 is 0 Å². The zero-order valence-corrected chi connectivity index (χ0v) is 8.72. The molecule has 0 saturated carbocycles. The first-order chi connectivity index (χ1) is 5.07. The summed E-state index contributed by atoms with van der Waals surface area (Å²) in [5, 5.41) is 0.966. The molecule has 0 unspecified atom stereocenters. The van der Waals surface area contributed by atoms with Crippen molar-refractivity contribution in [1.82, 2.24) is 0 Å². The van der Waals surface area contributed by atoms with Crippen LogP contribution >= 0.6 is 35.0 Å². The van der Waals surface area contributed by atoms with Gasteiger partial charge in [-0.2, -0.15) is 0 Å². The molecule has 11 heavy (non-hydrogen) atoms. The molecule has 0 aliphatic heterocycles. The van der Waals surface area contributed by atoms with Crippen LogP contribution in [0.2, 0.25) is 0 Å². The molecule has 0 amide bonds. The highest BCUT2D eigenvalue weighted by Crippen LogP contribution is 2.22. The number of allylic oxidation sites excluding steroid dienone is 1. The third-order valence-electron chi connectivity index (χ3n) is 0.847. The van der Waals surface area contributed by atoms with Gasteiger partial charge >= 0.3 is 0 Å². The normalized spacial score (nSPS) is 13.5. The Hall–Kier alpha value is 0.0800. The van der Waals surface area contributed by atoms with Gasteiger partial charge in [-0.3, -0.25) is 0 Å². The van der Waals surface area contributed by atoms with Gasteiger partial charge in [0.05, 0.1) is 0 Å². The van der Waals surface area contributed by atoms with E-state index in [1.807, 2.05) is 6.26 Å². The summed E-state index contributed by atoms with van der Waals surface area (Å²) in [5.41, 5.74) is 0. The Balaban J connectivity index is 4.37. The van der Waals surface area contributed by atoms with Gasteiger partial charge < -0.3 is 0 Å². The van der Waals surface area contributed by atoms with Gasteiger partial charge in [-0.15, -0.1) is 11.8 Å². The van der Waals surface area contributed by atoms with Crippen LogP contribution in [-0.2, 0) is 0 Å². The van der Waals surface area contributed by atoms with Crippen LogP contribution in [0.15, 0.2) is 27.7 Å². The van der Waals surface area contributed by atoms with E-state index in [-0.39, 0.29) is 0 Å². The average molecular weight is 210 g/mol. The Morgan fingerprint density at radius 2 is 2.09 bits per heavy atom. The summed E-state index contributed by atoms with van der Waals surface area (Å²) in [4.78, 5) is 4.70. The molecule has 0 atom stereocenters. The molecule has 0 heterocycles. The molecule has 0 spiro atoms.